The smallest absolute Gasteiger partial charge is 0.308 e. The molecular formula is C27H41NO6S2. The van der Waals surface area contributed by atoms with Crippen molar-refractivity contribution >= 4 is 40.9 Å². The van der Waals surface area contributed by atoms with Gasteiger partial charge in [-0.1, -0.05) is 52.0 Å². The van der Waals surface area contributed by atoms with Gasteiger partial charge in [-0.3, -0.25) is 9.59 Å². The van der Waals surface area contributed by atoms with Crippen LogP contribution in [0.15, 0.2) is 15.8 Å². The molecule has 9 heteroatoms. The standard InChI is InChI=1S/C27H41NO6S2/c1-16-9-8-12-26(5)27(6,34-26)18(10-11-19-15-36-24(28-19)35-7)14-33-21(30)13-20(29)25(3,4)23(32)17(2)22(16)31/h10-11,15-18,20,22,29,31H,8-9,12-14H2,1-7H3. The largest absolute Gasteiger partial charge is 0.465 e. The zero-order chi connectivity index (χ0) is 26.9. The average molecular weight is 540 g/mol. The van der Waals surface area contributed by atoms with E-state index in [1.807, 2.05) is 37.6 Å². The zero-order valence-electron chi connectivity index (χ0n) is 22.4. The van der Waals surface area contributed by atoms with Crippen molar-refractivity contribution in [3.63, 3.8) is 0 Å². The summed E-state index contributed by atoms with van der Waals surface area (Å²) in [7, 11) is 0. The molecule has 0 aliphatic carbocycles. The predicted octanol–water partition coefficient (Wildman–Crippen LogP) is 4.75. The minimum atomic E-state index is -1.22. The molecule has 3 rings (SSSR count). The monoisotopic (exact) mass is 539 g/mol. The Morgan fingerprint density at radius 1 is 1.19 bits per heavy atom. The van der Waals surface area contributed by atoms with Gasteiger partial charge in [-0.05, 0) is 44.9 Å². The highest BCUT2D eigenvalue weighted by Crippen LogP contribution is 2.56. The Morgan fingerprint density at radius 3 is 2.53 bits per heavy atom. The number of aromatic nitrogens is 1. The first-order valence-corrected chi connectivity index (χ1v) is 14.8. The molecule has 7 nitrogen and oxygen atoms in total. The molecule has 0 amide bonds. The molecule has 2 N–H and O–H groups in total. The number of aliphatic hydroxyl groups excluding tert-OH is 2. The summed E-state index contributed by atoms with van der Waals surface area (Å²) in [5.74, 6) is -1.78. The molecule has 3 heterocycles. The molecule has 2 aliphatic heterocycles. The molecule has 202 valence electrons. The van der Waals surface area contributed by atoms with Crippen molar-refractivity contribution in [3.8, 4) is 0 Å². The second kappa shape index (κ2) is 11.2. The van der Waals surface area contributed by atoms with Crippen molar-refractivity contribution in [1.29, 1.82) is 0 Å². The molecule has 7 atom stereocenters. The lowest BCUT2D eigenvalue weighted by Crippen LogP contribution is -2.45. The summed E-state index contributed by atoms with van der Waals surface area (Å²) in [5.41, 5.74) is -1.27. The lowest BCUT2D eigenvalue weighted by atomic mass is 9.72. The van der Waals surface area contributed by atoms with Gasteiger partial charge in [0.25, 0.3) is 0 Å². The average Bonchev–Trinajstić information content (AvgIpc) is 3.15. The summed E-state index contributed by atoms with van der Waals surface area (Å²) in [6.45, 7) is 11.1. The molecule has 1 aromatic rings. The van der Waals surface area contributed by atoms with Crippen LogP contribution in [-0.2, 0) is 19.1 Å². The van der Waals surface area contributed by atoms with Crippen molar-refractivity contribution in [2.45, 2.75) is 95.0 Å². The van der Waals surface area contributed by atoms with Crippen LogP contribution in [0, 0.1) is 23.2 Å². The van der Waals surface area contributed by atoms with Crippen LogP contribution in [0.3, 0.4) is 0 Å². The number of epoxide rings is 1. The van der Waals surface area contributed by atoms with Crippen molar-refractivity contribution < 1.29 is 29.3 Å². The third kappa shape index (κ3) is 6.07. The van der Waals surface area contributed by atoms with E-state index in [0.717, 1.165) is 29.3 Å². The Balaban J connectivity index is 1.85. The highest BCUT2D eigenvalue weighted by Gasteiger charge is 2.66. The van der Waals surface area contributed by atoms with Crippen LogP contribution in [0.2, 0.25) is 0 Å². The van der Waals surface area contributed by atoms with Crippen molar-refractivity contribution in [2.75, 3.05) is 12.9 Å². The Hall–Kier alpha value is -1.26. The number of thiazole rings is 1. The number of hydrogen-bond donors (Lipinski definition) is 2. The van der Waals surface area contributed by atoms with E-state index in [9.17, 15) is 19.8 Å². The highest BCUT2D eigenvalue weighted by molar-refractivity contribution is 8.00. The van der Waals surface area contributed by atoms with E-state index in [1.165, 1.54) is 0 Å². The van der Waals surface area contributed by atoms with Crippen LogP contribution in [0.1, 0.15) is 72.9 Å². The summed E-state index contributed by atoms with van der Waals surface area (Å²) < 4.78 is 12.9. The number of carbonyl (C=O) groups is 2. The molecule has 0 radical (unpaired) electrons. The number of Topliss-reactive ketones (excluding diaryl/α,β-unsaturated/α-hetero) is 1. The number of cyclic esters (lactones) is 1. The SMILES string of the molecule is CSc1nc(C=CC2COC(=O)CC(O)C(C)(C)C(=O)C(C)C(O)C(C)CCCC3(C)OC23C)cs1. The van der Waals surface area contributed by atoms with E-state index in [-0.39, 0.29) is 30.6 Å². The van der Waals surface area contributed by atoms with Crippen molar-refractivity contribution in [1.82, 2.24) is 4.98 Å². The number of hydrogen-bond acceptors (Lipinski definition) is 9. The van der Waals surface area contributed by atoms with E-state index >= 15 is 0 Å². The Morgan fingerprint density at radius 2 is 1.89 bits per heavy atom. The zero-order valence-corrected chi connectivity index (χ0v) is 24.1. The summed E-state index contributed by atoms with van der Waals surface area (Å²) in [6.07, 6.45) is 5.95. The molecule has 2 aliphatic rings. The molecule has 0 bridgehead atoms. The number of rotatable bonds is 3. The number of carbonyl (C=O) groups excluding carboxylic acids is 2. The molecule has 0 saturated carbocycles. The summed E-state index contributed by atoms with van der Waals surface area (Å²) in [5, 5.41) is 23.7. The molecule has 36 heavy (non-hydrogen) atoms. The first-order chi connectivity index (χ1) is 16.7. The minimum absolute atomic E-state index is 0.0886. The first-order valence-electron chi connectivity index (χ1n) is 12.7. The van der Waals surface area contributed by atoms with E-state index in [2.05, 4.69) is 11.9 Å². The number of aliphatic hydroxyl groups is 2. The van der Waals surface area contributed by atoms with Crippen LogP contribution in [0.4, 0.5) is 0 Å². The maximum absolute atomic E-state index is 13.2. The van der Waals surface area contributed by atoms with Gasteiger partial charge in [-0.2, -0.15) is 0 Å². The number of fused-ring (bicyclic) bond motifs is 1. The van der Waals surface area contributed by atoms with Crippen LogP contribution in [0.25, 0.3) is 6.08 Å². The van der Waals surface area contributed by atoms with Gasteiger partial charge >= 0.3 is 5.97 Å². The fraction of sp³-hybridized carbons (Fsp3) is 0.741. The van der Waals surface area contributed by atoms with Gasteiger partial charge in [-0.25, -0.2) is 4.98 Å². The quantitative estimate of drug-likeness (QED) is 0.322. The Labute approximate surface area is 223 Å². The van der Waals surface area contributed by atoms with Gasteiger partial charge in [-0.15, -0.1) is 11.3 Å². The number of esters is 1. The topological polar surface area (TPSA) is 109 Å². The molecule has 0 aromatic carbocycles. The maximum atomic E-state index is 13.2. The molecule has 0 spiro atoms. The molecule has 7 unspecified atom stereocenters. The number of nitrogens with zero attached hydrogens (tertiary/aromatic N) is 1. The number of thioether (sulfide) groups is 1. The van der Waals surface area contributed by atoms with Crippen LogP contribution >= 0.6 is 23.1 Å². The summed E-state index contributed by atoms with van der Waals surface area (Å²) >= 11 is 3.18. The highest BCUT2D eigenvalue weighted by atomic mass is 32.2. The van der Waals surface area contributed by atoms with E-state index in [4.69, 9.17) is 9.47 Å². The van der Waals surface area contributed by atoms with E-state index < -0.39 is 40.7 Å². The van der Waals surface area contributed by atoms with E-state index in [1.54, 1.807) is 43.9 Å². The second-order valence-corrected chi connectivity index (χ2v) is 13.2. The van der Waals surface area contributed by atoms with Gasteiger partial charge in [0, 0.05) is 17.2 Å². The van der Waals surface area contributed by atoms with Gasteiger partial charge in [0.1, 0.15) is 22.3 Å². The molecule has 2 saturated heterocycles. The summed E-state index contributed by atoms with van der Waals surface area (Å²) in [4.78, 5) is 30.5. The lowest BCUT2D eigenvalue weighted by molar-refractivity contribution is -0.152. The predicted molar refractivity (Wildman–Crippen MR) is 143 cm³/mol. The van der Waals surface area contributed by atoms with Gasteiger partial charge in [0.05, 0.1) is 35.3 Å². The number of ether oxygens (including phenoxy) is 2. The third-order valence-corrected chi connectivity index (χ3v) is 10.3. The minimum Gasteiger partial charge on any atom is -0.465 e. The van der Waals surface area contributed by atoms with Crippen molar-refractivity contribution in [2.24, 2.45) is 23.2 Å². The van der Waals surface area contributed by atoms with E-state index in [0.29, 0.717) is 0 Å². The van der Waals surface area contributed by atoms with Gasteiger partial charge in [0.15, 0.2) is 0 Å². The Bertz CT molecular complexity index is 977. The van der Waals surface area contributed by atoms with Crippen LogP contribution in [-0.4, -0.2) is 63.2 Å². The van der Waals surface area contributed by atoms with Gasteiger partial charge in [0.2, 0.25) is 0 Å². The second-order valence-electron chi connectivity index (χ2n) is 11.3. The normalized spacial score (nSPS) is 38.5. The number of ketones is 1. The van der Waals surface area contributed by atoms with Crippen LogP contribution < -0.4 is 0 Å². The van der Waals surface area contributed by atoms with Crippen LogP contribution in [0.5, 0.6) is 0 Å². The lowest BCUT2D eigenvalue weighted by Gasteiger charge is -2.34. The third-order valence-electron chi connectivity index (χ3n) is 8.40. The molecular weight excluding hydrogens is 498 g/mol. The molecule has 2 fully saturated rings. The fourth-order valence-corrected chi connectivity index (χ4v) is 6.48. The fourth-order valence-electron chi connectivity index (χ4n) is 5.25. The Kier molecular flexibility index (Phi) is 9.14. The van der Waals surface area contributed by atoms with Crippen molar-refractivity contribution in [3.05, 3.63) is 17.2 Å². The maximum Gasteiger partial charge on any atom is 0.308 e. The first kappa shape index (κ1) is 29.3. The molecule has 1 aromatic heterocycles. The summed E-state index contributed by atoms with van der Waals surface area (Å²) in [6, 6.07) is 0. The van der Waals surface area contributed by atoms with Gasteiger partial charge < -0.3 is 19.7 Å².